The summed E-state index contributed by atoms with van der Waals surface area (Å²) in [6, 6.07) is 11.9. The zero-order valence-electron chi connectivity index (χ0n) is 12.4. The van der Waals surface area contributed by atoms with Crippen LogP contribution in [0.4, 0.5) is 0 Å². The van der Waals surface area contributed by atoms with Crippen LogP contribution in [0.3, 0.4) is 0 Å². The molecule has 1 aliphatic rings. The molecule has 3 rings (SSSR count). The zero-order chi connectivity index (χ0) is 14.3. The maximum Gasteiger partial charge on any atom is 0.163 e. The van der Waals surface area contributed by atoms with Gasteiger partial charge >= 0.3 is 0 Å². The maximum absolute atomic E-state index is 5.66. The van der Waals surface area contributed by atoms with Crippen molar-refractivity contribution in [2.45, 2.75) is 6.61 Å². The summed E-state index contributed by atoms with van der Waals surface area (Å²) in [4.78, 5) is 2.35. The number of halogens is 1. The molecule has 0 N–H and O–H groups in total. The maximum atomic E-state index is 5.66. The molecule has 5 nitrogen and oxygen atoms in total. The Hall–Kier alpha value is -1.40. The van der Waals surface area contributed by atoms with Crippen molar-refractivity contribution in [3.8, 4) is 11.3 Å². The number of rotatable bonds is 6. The van der Waals surface area contributed by atoms with Crippen molar-refractivity contribution < 1.29 is 14.0 Å². The molecule has 2 aromatic rings. The smallest absolute Gasteiger partial charge is 0.163 e. The van der Waals surface area contributed by atoms with E-state index in [1.807, 2.05) is 36.4 Å². The summed E-state index contributed by atoms with van der Waals surface area (Å²) < 4.78 is 16.3. The van der Waals surface area contributed by atoms with Gasteiger partial charge in [0.2, 0.25) is 0 Å². The monoisotopic (exact) mass is 324 g/mol. The molecule has 0 unspecified atom stereocenters. The topological polar surface area (TPSA) is 47.7 Å². The molecular formula is C16H21ClN2O3. The van der Waals surface area contributed by atoms with Gasteiger partial charge in [-0.05, 0) is 0 Å². The summed E-state index contributed by atoms with van der Waals surface area (Å²) in [5.41, 5.74) is 1.91. The highest BCUT2D eigenvalue weighted by atomic mass is 35.5. The van der Waals surface area contributed by atoms with E-state index >= 15 is 0 Å². The Bertz CT molecular complexity index is 541. The van der Waals surface area contributed by atoms with E-state index in [1.54, 1.807) is 0 Å². The van der Waals surface area contributed by atoms with Crippen molar-refractivity contribution in [3.63, 3.8) is 0 Å². The molecule has 0 atom stereocenters. The Morgan fingerprint density at radius 1 is 1.14 bits per heavy atom. The highest BCUT2D eigenvalue weighted by Crippen LogP contribution is 2.18. The predicted octanol–water partition coefficient (Wildman–Crippen LogP) is 2.61. The van der Waals surface area contributed by atoms with Crippen LogP contribution in [-0.2, 0) is 16.1 Å². The SMILES string of the molecule is Cl.c1ccc(-c2cc(COCCN3CCOCC3)on2)cc1. The zero-order valence-corrected chi connectivity index (χ0v) is 13.3. The first-order valence-electron chi connectivity index (χ1n) is 7.31. The fourth-order valence-electron chi connectivity index (χ4n) is 2.32. The van der Waals surface area contributed by atoms with Crippen molar-refractivity contribution in [3.05, 3.63) is 42.2 Å². The molecule has 0 bridgehead atoms. The first-order valence-corrected chi connectivity index (χ1v) is 7.31. The predicted molar refractivity (Wildman–Crippen MR) is 86.1 cm³/mol. The normalized spacial score (nSPS) is 15.5. The van der Waals surface area contributed by atoms with E-state index in [9.17, 15) is 0 Å². The molecular weight excluding hydrogens is 304 g/mol. The highest BCUT2D eigenvalue weighted by Gasteiger charge is 2.10. The number of benzene rings is 1. The number of hydrogen-bond donors (Lipinski definition) is 0. The first kappa shape index (κ1) is 17.0. The van der Waals surface area contributed by atoms with Crippen molar-refractivity contribution in [2.75, 3.05) is 39.5 Å². The van der Waals surface area contributed by atoms with Crippen molar-refractivity contribution in [1.29, 1.82) is 0 Å². The second-order valence-electron chi connectivity index (χ2n) is 5.05. The molecule has 0 amide bonds. The van der Waals surface area contributed by atoms with Gasteiger partial charge in [0.15, 0.2) is 5.76 Å². The van der Waals surface area contributed by atoms with Crippen LogP contribution >= 0.6 is 12.4 Å². The largest absolute Gasteiger partial charge is 0.379 e. The summed E-state index contributed by atoms with van der Waals surface area (Å²) in [6.07, 6.45) is 0. The molecule has 1 aromatic heterocycles. The number of nitrogens with zero attached hydrogens (tertiary/aromatic N) is 2. The quantitative estimate of drug-likeness (QED) is 0.764. The van der Waals surface area contributed by atoms with E-state index in [1.165, 1.54) is 0 Å². The van der Waals surface area contributed by atoms with Crippen LogP contribution < -0.4 is 0 Å². The van der Waals surface area contributed by atoms with Gasteiger partial charge in [-0.2, -0.15) is 0 Å². The van der Waals surface area contributed by atoms with Crippen LogP contribution in [0.1, 0.15) is 5.76 Å². The van der Waals surface area contributed by atoms with Crippen molar-refractivity contribution in [1.82, 2.24) is 10.1 Å². The Labute approximate surface area is 136 Å². The number of morpholine rings is 1. The van der Waals surface area contributed by atoms with Crippen LogP contribution in [-0.4, -0.2) is 49.5 Å². The van der Waals surface area contributed by atoms with Gasteiger partial charge in [0.25, 0.3) is 0 Å². The lowest BCUT2D eigenvalue weighted by atomic mass is 10.1. The average Bonchev–Trinajstić information content (AvgIpc) is 3.02. The second kappa shape index (κ2) is 8.90. The molecule has 1 saturated heterocycles. The Morgan fingerprint density at radius 2 is 1.91 bits per heavy atom. The number of aromatic nitrogens is 1. The van der Waals surface area contributed by atoms with Gasteiger partial charge in [-0.3, -0.25) is 4.90 Å². The van der Waals surface area contributed by atoms with E-state index < -0.39 is 0 Å². The third-order valence-electron chi connectivity index (χ3n) is 3.53. The minimum atomic E-state index is 0. The molecule has 1 fully saturated rings. The average molecular weight is 325 g/mol. The summed E-state index contributed by atoms with van der Waals surface area (Å²) in [6.45, 7) is 5.72. The van der Waals surface area contributed by atoms with Crippen LogP contribution in [0.25, 0.3) is 11.3 Å². The molecule has 1 aromatic carbocycles. The van der Waals surface area contributed by atoms with Gasteiger partial charge in [0.05, 0.1) is 19.8 Å². The van der Waals surface area contributed by atoms with Crippen molar-refractivity contribution in [2.24, 2.45) is 0 Å². The first-order chi connectivity index (χ1) is 10.4. The Morgan fingerprint density at radius 3 is 2.68 bits per heavy atom. The fraction of sp³-hybridized carbons (Fsp3) is 0.438. The minimum Gasteiger partial charge on any atom is -0.379 e. The molecule has 0 aliphatic carbocycles. The molecule has 120 valence electrons. The Balaban J connectivity index is 0.00000176. The lowest BCUT2D eigenvalue weighted by Crippen LogP contribution is -2.38. The van der Waals surface area contributed by atoms with Crippen molar-refractivity contribution >= 4 is 12.4 Å². The van der Waals surface area contributed by atoms with Gasteiger partial charge in [-0.15, -0.1) is 12.4 Å². The van der Waals surface area contributed by atoms with E-state index in [2.05, 4.69) is 10.1 Å². The lowest BCUT2D eigenvalue weighted by Gasteiger charge is -2.26. The van der Waals surface area contributed by atoms with E-state index in [4.69, 9.17) is 14.0 Å². The molecule has 6 heteroatoms. The van der Waals surface area contributed by atoms with Gasteiger partial charge in [-0.1, -0.05) is 35.5 Å². The van der Waals surface area contributed by atoms with Crippen LogP contribution in [0.2, 0.25) is 0 Å². The number of ether oxygens (including phenoxy) is 2. The molecule has 0 radical (unpaired) electrons. The van der Waals surface area contributed by atoms with Crippen LogP contribution in [0, 0.1) is 0 Å². The van der Waals surface area contributed by atoms with Crippen LogP contribution in [0.15, 0.2) is 40.9 Å². The molecule has 0 saturated carbocycles. The molecule has 0 spiro atoms. The highest BCUT2D eigenvalue weighted by molar-refractivity contribution is 5.85. The number of hydrogen-bond acceptors (Lipinski definition) is 5. The summed E-state index contributed by atoms with van der Waals surface area (Å²) in [5, 5.41) is 4.07. The lowest BCUT2D eigenvalue weighted by molar-refractivity contribution is 0.0155. The van der Waals surface area contributed by atoms with E-state index in [0.29, 0.717) is 13.2 Å². The summed E-state index contributed by atoms with van der Waals surface area (Å²) in [7, 11) is 0. The summed E-state index contributed by atoms with van der Waals surface area (Å²) in [5.74, 6) is 0.760. The van der Waals surface area contributed by atoms with Crippen LogP contribution in [0.5, 0.6) is 0 Å². The fourth-order valence-corrected chi connectivity index (χ4v) is 2.32. The van der Waals surface area contributed by atoms with Gasteiger partial charge in [-0.25, -0.2) is 0 Å². The van der Waals surface area contributed by atoms with E-state index in [-0.39, 0.29) is 12.4 Å². The summed E-state index contributed by atoms with van der Waals surface area (Å²) >= 11 is 0. The van der Waals surface area contributed by atoms with Gasteiger partial charge in [0, 0.05) is 31.3 Å². The third-order valence-corrected chi connectivity index (χ3v) is 3.53. The van der Waals surface area contributed by atoms with Gasteiger partial charge in [0.1, 0.15) is 12.3 Å². The molecule has 22 heavy (non-hydrogen) atoms. The standard InChI is InChI=1S/C16H20N2O3.ClH/c1-2-4-14(5-3-1)16-12-15(21-17-16)13-20-11-8-18-6-9-19-10-7-18;/h1-5,12H,6-11,13H2;1H. The Kier molecular flexibility index (Phi) is 6.86. The third kappa shape index (κ3) is 4.81. The van der Waals surface area contributed by atoms with E-state index in [0.717, 1.165) is 49.9 Å². The molecule has 2 heterocycles. The second-order valence-corrected chi connectivity index (χ2v) is 5.05. The van der Waals surface area contributed by atoms with Gasteiger partial charge < -0.3 is 14.0 Å². The molecule has 1 aliphatic heterocycles. The minimum absolute atomic E-state index is 0.